The Kier molecular flexibility index (Phi) is 5.86. The van der Waals surface area contributed by atoms with E-state index in [2.05, 4.69) is 77.4 Å². The summed E-state index contributed by atoms with van der Waals surface area (Å²) in [5.74, 6) is 0. The molecule has 0 amide bonds. The Balaban J connectivity index is 1.64. The fourth-order valence-corrected chi connectivity index (χ4v) is 5.49. The smallest absolute Gasteiger partial charge is 0.309 e. The van der Waals surface area contributed by atoms with Crippen LogP contribution in [-0.4, -0.2) is 23.9 Å². The van der Waals surface area contributed by atoms with Crippen LogP contribution >= 0.6 is 7.60 Å². The monoisotopic (exact) mass is 407 g/mol. The second-order valence-electron chi connectivity index (χ2n) is 6.96. The van der Waals surface area contributed by atoms with Crippen molar-refractivity contribution in [2.75, 3.05) is 19.4 Å². The van der Waals surface area contributed by atoms with E-state index >= 15 is 0 Å². The van der Waals surface area contributed by atoms with Crippen LogP contribution in [-0.2, 0) is 20.0 Å². The highest BCUT2D eigenvalue weighted by molar-refractivity contribution is 7.53. The van der Waals surface area contributed by atoms with Crippen LogP contribution < -0.4 is 0 Å². The normalized spacial score (nSPS) is 12.1. The molecule has 29 heavy (non-hydrogen) atoms. The molecule has 0 unspecified atom stereocenters. The van der Waals surface area contributed by atoms with E-state index < -0.39 is 7.60 Å². The summed E-state index contributed by atoms with van der Waals surface area (Å²) in [6, 6.07) is 25.4. The minimum atomic E-state index is -3.02. The van der Waals surface area contributed by atoms with Crippen LogP contribution in [0.1, 0.15) is 19.4 Å². The minimum Gasteiger partial charge on any atom is -0.309 e. The molecule has 0 fully saturated rings. The van der Waals surface area contributed by atoms with Crippen molar-refractivity contribution in [1.29, 1.82) is 0 Å². The Morgan fingerprint density at radius 1 is 0.759 bits per heavy atom. The minimum absolute atomic E-state index is 0.392. The molecular formula is C24H26NO3P. The van der Waals surface area contributed by atoms with E-state index in [1.165, 1.54) is 21.8 Å². The van der Waals surface area contributed by atoms with Crippen LogP contribution in [0.2, 0.25) is 0 Å². The van der Waals surface area contributed by atoms with Gasteiger partial charge in [-0.05, 0) is 50.1 Å². The summed E-state index contributed by atoms with van der Waals surface area (Å²) in [5.41, 5.74) is 4.62. The summed E-state index contributed by atoms with van der Waals surface area (Å²) in [5, 5.41) is 2.50. The van der Waals surface area contributed by atoms with Gasteiger partial charge in [-0.1, -0.05) is 48.5 Å². The number of aromatic nitrogens is 1. The number of para-hydroxylation sites is 2. The average Bonchev–Trinajstić information content (AvgIpc) is 3.08. The predicted molar refractivity (Wildman–Crippen MR) is 120 cm³/mol. The topological polar surface area (TPSA) is 40.5 Å². The predicted octanol–water partition coefficient (Wildman–Crippen LogP) is 6.59. The van der Waals surface area contributed by atoms with E-state index in [0.717, 1.165) is 11.3 Å². The van der Waals surface area contributed by atoms with Crippen LogP contribution in [0.25, 0.3) is 27.5 Å². The third kappa shape index (κ3) is 4.02. The molecule has 0 N–H and O–H groups in total. The third-order valence-corrected chi connectivity index (χ3v) is 7.18. The molecule has 0 spiro atoms. The number of nitrogens with zero attached hydrogens (tertiary/aromatic N) is 1. The molecule has 0 saturated carbocycles. The van der Waals surface area contributed by atoms with Gasteiger partial charge >= 0.3 is 7.60 Å². The van der Waals surface area contributed by atoms with Gasteiger partial charge in [0.15, 0.2) is 0 Å². The molecule has 150 valence electrons. The standard InChI is InChI=1S/C24H26NO3P/c1-3-27-29(26,28-4-2)18-17-19-13-15-20(16-14-19)25-23-11-7-5-9-21(23)22-10-6-8-12-24(22)25/h5-16H,3-4,17-18H2,1-2H3. The number of hydrogen-bond acceptors (Lipinski definition) is 3. The van der Waals surface area contributed by atoms with Crippen molar-refractivity contribution < 1.29 is 13.6 Å². The van der Waals surface area contributed by atoms with Crippen molar-refractivity contribution in [2.45, 2.75) is 20.3 Å². The lowest BCUT2D eigenvalue weighted by atomic mass is 10.1. The van der Waals surface area contributed by atoms with Gasteiger partial charge in [-0.15, -0.1) is 0 Å². The summed E-state index contributed by atoms with van der Waals surface area (Å²) in [6.45, 7) is 4.46. The fraction of sp³-hybridized carbons (Fsp3) is 0.250. The van der Waals surface area contributed by atoms with Crippen LogP contribution in [0.4, 0.5) is 0 Å². The molecule has 0 atom stereocenters. The first-order chi connectivity index (χ1) is 14.1. The Morgan fingerprint density at radius 2 is 1.28 bits per heavy atom. The van der Waals surface area contributed by atoms with Gasteiger partial charge in [0.05, 0.1) is 30.4 Å². The highest BCUT2D eigenvalue weighted by Gasteiger charge is 2.23. The highest BCUT2D eigenvalue weighted by atomic mass is 31.2. The van der Waals surface area contributed by atoms with Crippen LogP contribution in [0.3, 0.4) is 0 Å². The molecule has 3 aromatic carbocycles. The van der Waals surface area contributed by atoms with Crippen molar-refractivity contribution >= 4 is 29.4 Å². The summed E-state index contributed by atoms with van der Waals surface area (Å²) in [7, 11) is -3.02. The Labute approximate surface area is 171 Å². The van der Waals surface area contributed by atoms with Gasteiger partial charge in [0.1, 0.15) is 0 Å². The highest BCUT2D eigenvalue weighted by Crippen LogP contribution is 2.48. The van der Waals surface area contributed by atoms with E-state index in [1.807, 2.05) is 13.8 Å². The first-order valence-electron chi connectivity index (χ1n) is 10.1. The lowest BCUT2D eigenvalue weighted by molar-refractivity contribution is 0.220. The Morgan fingerprint density at radius 3 is 1.79 bits per heavy atom. The second-order valence-corrected chi connectivity index (χ2v) is 9.14. The van der Waals surface area contributed by atoms with E-state index in [9.17, 15) is 4.57 Å². The molecule has 0 bridgehead atoms. The molecule has 4 aromatic rings. The number of benzene rings is 3. The van der Waals surface area contributed by atoms with Gasteiger partial charge in [-0.25, -0.2) is 0 Å². The zero-order valence-electron chi connectivity index (χ0n) is 16.9. The van der Waals surface area contributed by atoms with Gasteiger partial charge in [-0.3, -0.25) is 4.57 Å². The van der Waals surface area contributed by atoms with Crippen LogP contribution in [0, 0.1) is 0 Å². The quantitative estimate of drug-likeness (QED) is 0.309. The molecule has 0 radical (unpaired) electrons. The molecule has 1 heterocycles. The van der Waals surface area contributed by atoms with Gasteiger partial charge in [0.25, 0.3) is 0 Å². The fourth-order valence-electron chi connectivity index (χ4n) is 3.84. The maximum Gasteiger partial charge on any atom is 0.330 e. The van der Waals surface area contributed by atoms with Gasteiger partial charge in [0, 0.05) is 16.5 Å². The largest absolute Gasteiger partial charge is 0.330 e. The summed E-state index contributed by atoms with van der Waals surface area (Å²) in [6.07, 6.45) is 1.05. The molecule has 0 aliphatic carbocycles. The van der Waals surface area contributed by atoms with E-state index in [-0.39, 0.29) is 0 Å². The number of rotatable bonds is 8. The van der Waals surface area contributed by atoms with E-state index in [4.69, 9.17) is 9.05 Å². The lowest BCUT2D eigenvalue weighted by Crippen LogP contribution is -2.03. The van der Waals surface area contributed by atoms with Crippen LogP contribution in [0.5, 0.6) is 0 Å². The summed E-state index contributed by atoms with van der Waals surface area (Å²) < 4.78 is 25.8. The van der Waals surface area contributed by atoms with Crippen molar-refractivity contribution in [2.24, 2.45) is 0 Å². The molecule has 4 nitrogen and oxygen atoms in total. The molecule has 5 heteroatoms. The first kappa shape index (κ1) is 19.9. The van der Waals surface area contributed by atoms with Gasteiger partial charge in [-0.2, -0.15) is 0 Å². The SMILES string of the molecule is CCOP(=O)(CCc1ccc(-n2c3ccccc3c3ccccc32)cc1)OCC. The average molecular weight is 407 g/mol. The van der Waals surface area contributed by atoms with Crippen molar-refractivity contribution in [3.63, 3.8) is 0 Å². The zero-order valence-corrected chi connectivity index (χ0v) is 17.8. The summed E-state index contributed by atoms with van der Waals surface area (Å²) in [4.78, 5) is 0. The molecule has 0 aliphatic heterocycles. The van der Waals surface area contributed by atoms with E-state index in [1.54, 1.807) is 0 Å². The van der Waals surface area contributed by atoms with Gasteiger partial charge < -0.3 is 13.6 Å². The number of aryl methyl sites for hydroxylation is 1. The molecule has 0 aliphatic rings. The van der Waals surface area contributed by atoms with Crippen molar-refractivity contribution in [3.8, 4) is 5.69 Å². The maximum atomic E-state index is 12.7. The first-order valence-corrected chi connectivity index (χ1v) is 11.8. The molecule has 4 rings (SSSR count). The molecule has 1 aromatic heterocycles. The zero-order chi connectivity index (χ0) is 20.3. The second kappa shape index (κ2) is 8.54. The summed E-state index contributed by atoms with van der Waals surface area (Å²) >= 11 is 0. The lowest BCUT2D eigenvalue weighted by Gasteiger charge is -2.17. The number of fused-ring (bicyclic) bond motifs is 3. The third-order valence-electron chi connectivity index (χ3n) is 5.10. The molecule has 0 saturated heterocycles. The number of hydrogen-bond donors (Lipinski definition) is 0. The van der Waals surface area contributed by atoms with Crippen molar-refractivity contribution in [1.82, 2.24) is 4.57 Å². The Hall–Kier alpha value is -2.39. The van der Waals surface area contributed by atoms with Crippen molar-refractivity contribution in [3.05, 3.63) is 78.4 Å². The molecular weight excluding hydrogens is 381 g/mol. The van der Waals surface area contributed by atoms with Crippen LogP contribution in [0.15, 0.2) is 72.8 Å². The van der Waals surface area contributed by atoms with Gasteiger partial charge in [0.2, 0.25) is 0 Å². The maximum absolute atomic E-state index is 12.7. The Bertz CT molecular complexity index is 1100. The van der Waals surface area contributed by atoms with E-state index in [0.29, 0.717) is 25.8 Å².